The number of guanidine groups is 1. The van der Waals surface area contributed by atoms with Crippen molar-refractivity contribution in [3.63, 3.8) is 0 Å². The van der Waals surface area contributed by atoms with Crippen LogP contribution >= 0.6 is 0 Å². The lowest BCUT2D eigenvalue weighted by molar-refractivity contribution is -0.170. The van der Waals surface area contributed by atoms with E-state index in [1.165, 1.54) is 7.05 Å². The molecule has 0 amide bonds. The molecule has 0 radical (unpaired) electrons. The van der Waals surface area contributed by atoms with Gasteiger partial charge in [0, 0.05) is 7.05 Å². The SMILES string of the molecule is CN(C(=N)N)C(O)C(=O)O.O=C(O)CC(O)(CC(=O)O)C(=O)O. The number of hydrogen-bond acceptors (Lipinski definition) is 7. The fraction of sp³-hybridized carbons (Fsp3) is 0.500. The molecule has 0 aliphatic carbocycles. The maximum Gasteiger partial charge on any atom is 0.354 e. The van der Waals surface area contributed by atoms with Crippen LogP contribution in [0.4, 0.5) is 0 Å². The topological polar surface area (TPSA) is 243 Å². The molecule has 0 saturated carbocycles. The molecule has 0 bridgehead atoms. The van der Waals surface area contributed by atoms with Crippen molar-refractivity contribution < 1.29 is 49.8 Å². The van der Waals surface area contributed by atoms with Crippen molar-refractivity contribution in [1.29, 1.82) is 5.41 Å². The van der Waals surface area contributed by atoms with E-state index in [1.807, 2.05) is 0 Å². The molecule has 132 valence electrons. The van der Waals surface area contributed by atoms with Crippen LogP contribution in [0.25, 0.3) is 0 Å². The average Bonchev–Trinajstić information content (AvgIpc) is 2.35. The summed E-state index contributed by atoms with van der Waals surface area (Å²) in [5.41, 5.74) is 2.12. The largest absolute Gasteiger partial charge is 0.481 e. The van der Waals surface area contributed by atoms with Crippen LogP contribution in [0.1, 0.15) is 12.8 Å². The molecule has 1 unspecified atom stereocenters. The van der Waals surface area contributed by atoms with E-state index in [1.54, 1.807) is 0 Å². The highest BCUT2D eigenvalue weighted by atomic mass is 16.4. The molecular formula is C10H17N3O10. The number of rotatable bonds is 7. The van der Waals surface area contributed by atoms with Gasteiger partial charge in [-0.3, -0.25) is 15.0 Å². The zero-order valence-corrected chi connectivity index (χ0v) is 11.8. The fourth-order valence-corrected chi connectivity index (χ4v) is 1.01. The van der Waals surface area contributed by atoms with Crippen LogP contribution in [0.15, 0.2) is 0 Å². The molecule has 13 heteroatoms. The molecule has 1 atom stereocenters. The van der Waals surface area contributed by atoms with Gasteiger partial charge in [0.15, 0.2) is 11.6 Å². The molecule has 0 aliphatic heterocycles. The van der Waals surface area contributed by atoms with Crippen LogP contribution in [0, 0.1) is 5.41 Å². The summed E-state index contributed by atoms with van der Waals surface area (Å²) in [6.45, 7) is 0. The molecule has 0 saturated heterocycles. The number of hydrogen-bond donors (Lipinski definition) is 8. The lowest BCUT2D eigenvalue weighted by Gasteiger charge is -2.19. The Balaban J connectivity index is 0. The minimum Gasteiger partial charge on any atom is -0.481 e. The van der Waals surface area contributed by atoms with E-state index >= 15 is 0 Å². The lowest BCUT2D eigenvalue weighted by atomic mass is 9.96. The summed E-state index contributed by atoms with van der Waals surface area (Å²) in [6, 6.07) is 0. The maximum atomic E-state index is 10.3. The number of nitrogens with one attached hydrogen (secondary N) is 1. The fourth-order valence-electron chi connectivity index (χ4n) is 1.01. The number of likely N-dealkylation sites (N-methyl/N-ethyl adjacent to an activating group) is 1. The number of carbonyl (C=O) groups is 4. The van der Waals surface area contributed by atoms with E-state index in [0.717, 1.165) is 4.90 Å². The molecule has 0 fully saturated rings. The monoisotopic (exact) mass is 339 g/mol. The van der Waals surface area contributed by atoms with Gasteiger partial charge in [0.25, 0.3) is 0 Å². The Morgan fingerprint density at radius 1 is 1.09 bits per heavy atom. The first-order valence-corrected chi connectivity index (χ1v) is 5.61. The Labute approximate surface area is 128 Å². The second kappa shape index (κ2) is 9.16. The predicted octanol–water partition coefficient (Wildman–Crippen LogP) is -3.03. The summed E-state index contributed by atoms with van der Waals surface area (Å²) in [4.78, 5) is 41.2. The van der Waals surface area contributed by atoms with E-state index in [4.69, 9.17) is 41.8 Å². The smallest absolute Gasteiger partial charge is 0.354 e. The third-order valence-electron chi connectivity index (χ3n) is 2.25. The first kappa shape index (κ1) is 22.4. The van der Waals surface area contributed by atoms with Gasteiger partial charge in [0.05, 0.1) is 12.8 Å². The number of aliphatic carboxylic acids is 4. The van der Waals surface area contributed by atoms with Gasteiger partial charge in [-0.1, -0.05) is 0 Å². The average molecular weight is 339 g/mol. The molecule has 0 aromatic rings. The molecule has 13 nitrogen and oxygen atoms in total. The number of aliphatic hydroxyl groups is 2. The van der Waals surface area contributed by atoms with Crippen molar-refractivity contribution >= 4 is 29.8 Å². The quantitative estimate of drug-likeness (QED) is 0.131. The van der Waals surface area contributed by atoms with Crippen LogP contribution in [-0.2, 0) is 19.2 Å². The van der Waals surface area contributed by atoms with Gasteiger partial charge in [-0.05, 0) is 0 Å². The summed E-state index contributed by atoms with van der Waals surface area (Å²) in [7, 11) is 1.21. The summed E-state index contributed by atoms with van der Waals surface area (Å²) < 4.78 is 0. The summed E-state index contributed by atoms with van der Waals surface area (Å²) in [6.07, 6.45) is -4.03. The van der Waals surface area contributed by atoms with E-state index < -0.39 is 54.5 Å². The van der Waals surface area contributed by atoms with Crippen LogP contribution in [0.5, 0.6) is 0 Å². The Morgan fingerprint density at radius 2 is 1.43 bits per heavy atom. The Hall–Kier alpha value is -2.93. The van der Waals surface area contributed by atoms with Crippen molar-refractivity contribution in [1.82, 2.24) is 4.90 Å². The molecule has 9 N–H and O–H groups in total. The number of nitrogens with zero attached hydrogens (tertiary/aromatic N) is 1. The van der Waals surface area contributed by atoms with Crippen LogP contribution < -0.4 is 5.73 Å². The van der Waals surface area contributed by atoms with E-state index in [-0.39, 0.29) is 0 Å². The summed E-state index contributed by atoms with van der Waals surface area (Å²) >= 11 is 0. The third-order valence-corrected chi connectivity index (χ3v) is 2.25. The normalized spacial score (nSPS) is 11.4. The third kappa shape index (κ3) is 8.84. The van der Waals surface area contributed by atoms with Crippen LogP contribution in [0.3, 0.4) is 0 Å². The molecule has 0 rings (SSSR count). The molecular weight excluding hydrogens is 322 g/mol. The highest BCUT2D eigenvalue weighted by Gasteiger charge is 2.40. The lowest BCUT2D eigenvalue weighted by Crippen LogP contribution is -2.45. The maximum absolute atomic E-state index is 10.3. The molecule has 0 aromatic carbocycles. The van der Waals surface area contributed by atoms with Crippen molar-refractivity contribution in [3.8, 4) is 0 Å². The first-order chi connectivity index (χ1) is 10.2. The first-order valence-electron chi connectivity index (χ1n) is 5.61. The van der Waals surface area contributed by atoms with Gasteiger partial charge in [0.2, 0.25) is 6.23 Å². The van der Waals surface area contributed by atoms with Crippen molar-refractivity contribution in [2.45, 2.75) is 24.7 Å². The van der Waals surface area contributed by atoms with E-state index in [2.05, 4.69) is 0 Å². The minimum absolute atomic E-state index is 0.491. The zero-order chi connectivity index (χ0) is 19.0. The number of aliphatic hydroxyl groups excluding tert-OH is 1. The molecule has 0 spiro atoms. The minimum atomic E-state index is -2.74. The van der Waals surface area contributed by atoms with Gasteiger partial charge < -0.3 is 41.3 Å². The molecule has 23 heavy (non-hydrogen) atoms. The predicted molar refractivity (Wildman–Crippen MR) is 70.4 cm³/mol. The van der Waals surface area contributed by atoms with Gasteiger partial charge >= 0.3 is 23.9 Å². The van der Waals surface area contributed by atoms with Crippen molar-refractivity contribution in [2.75, 3.05) is 7.05 Å². The van der Waals surface area contributed by atoms with Crippen molar-refractivity contribution in [3.05, 3.63) is 0 Å². The molecule has 0 aliphatic rings. The van der Waals surface area contributed by atoms with Gasteiger partial charge in [-0.25, -0.2) is 9.59 Å². The van der Waals surface area contributed by atoms with Gasteiger partial charge in [-0.2, -0.15) is 0 Å². The Bertz CT molecular complexity index is 457. The molecule has 0 heterocycles. The van der Waals surface area contributed by atoms with Crippen LogP contribution in [0.2, 0.25) is 0 Å². The number of carboxylic acids is 4. The van der Waals surface area contributed by atoms with Crippen molar-refractivity contribution in [2.24, 2.45) is 5.73 Å². The highest BCUT2D eigenvalue weighted by Crippen LogP contribution is 2.15. The zero-order valence-electron chi connectivity index (χ0n) is 11.8. The Kier molecular flexibility index (Phi) is 8.90. The second-order valence-corrected chi connectivity index (χ2v) is 4.19. The van der Waals surface area contributed by atoms with Gasteiger partial charge in [0.1, 0.15) is 0 Å². The number of carboxylic acid groups (broad SMARTS) is 4. The summed E-state index contributed by atoms with van der Waals surface area (Å²) in [5, 5.41) is 57.3. The Morgan fingerprint density at radius 3 is 1.57 bits per heavy atom. The molecule has 0 aromatic heterocycles. The van der Waals surface area contributed by atoms with E-state index in [0.29, 0.717) is 0 Å². The van der Waals surface area contributed by atoms with Crippen LogP contribution in [-0.4, -0.2) is 84.3 Å². The highest BCUT2D eigenvalue weighted by molar-refractivity contribution is 5.88. The van der Waals surface area contributed by atoms with Gasteiger partial charge in [-0.15, -0.1) is 0 Å². The summed E-state index contributed by atoms with van der Waals surface area (Å²) in [5.74, 6) is -6.94. The number of nitrogens with two attached hydrogens (primary N) is 1. The standard InChI is InChI=1S/C6H8O7.C4H9N3O3/c7-3(8)1-6(13,5(11)12)2-4(9)10;1-7(4(5)6)2(8)3(9)10/h13H,1-2H2,(H,7,8)(H,9,10)(H,11,12);2,8H,1H3,(H3,5,6)(H,9,10). The second-order valence-electron chi connectivity index (χ2n) is 4.19. The van der Waals surface area contributed by atoms with E-state index in [9.17, 15) is 19.2 Å².